The number of hydrogen-bond donors (Lipinski definition) is 20. The zero-order valence-corrected chi connectivity index (χ0v) is 65.1. The number of nitrogens with one attached hydrogen (secondary N) is 13. The second-order valence-corrected chi connectivity index (χ2v) is 29.0. The minimum atomic E-state index is -2.03. The van der Waals surface area contributed by atoms with E-state index >= 15 is 0 Å². The fraction of sp³-hybridized carbons (Fsp3) is 0.606. The van der Waals surface area contributed by atoms with Gasteiger partial charge in [0.2, 0.25) is 82.7 Å². The lowest BCUT2D eigenvalue weighted by molar-refractivity contribution is -0.142. The number of phenolic OH excluding ortho intramolecular Hbond substituents is 2. The highest BCUT2D eigenvalue weighted by Gasteiger charge is 2.43. The number of unbranched alkanes of at least 4 members (excludes halogenated alkanes) is 3. The summed E-state index contributed by atoms with van der Waals surface area (Å²) in [5.41, 5.74) is 23.0. The molecule has 113 heavy (non-hydrogen) atoms. The van der Waals surface area contributed by atoms with Crippen molar-refractivity contribution in [2.75, 3.05) is 90.3 Å². The Morgan fingerprint density at radius 1 is 0.496 bits per heavy atom. The minimum Gasteiger partial charge on any atom is -0.508 e. The summed E-state index contributed by atoms with van der Waals surface area (Å²) in [6.07, 6.45) is 3.63. The first kappa shape index (κ1) is 95.2. The van der Waals surface area contributed by atoms with E-state index in [9.17, 15) is 92.0 Å². The fourth-order valence-electron chi connectivity index (χ4n) is 11.3. The van der Waals surface area contributed by atoms with Gasteiger partial charge in [-0.05, 0) is 106 Å². The molecule has 40 nitrogen and oxygen atoms in total. The van der Waals surface area contributed by atoms with Gasteiger partial charge in [-0.25, -0.2) is 4.79 Å². The Morgan fingerprint density at radius 2 is 0.973 bits per heavy atom. The summed E-state index contributed by atoms with van der Waals surface area (Å²) in [6, 6.07) is -2.40. The number of hydrogen-bond acceptors (Lipinski definition) is 25. The monoisotopic (exact) mass is 1630 g/mol. The number of ether oxygens (including phenoxy) is 4. The number of urea groups is 1. The van der Waals surface area contributed by atoms with Gasteiger partial charge in [0.1, 0.15) is 73.0 Å². The highest BCUT2D eigenvalue weighted by Crippen LogP contribution is 2.33. The third-order valence-corrected chi connectivity index (χ3v) is 19.5. The predicted octanol–water partition coefficient (Wildman–Crippen LogP) is -5.32. The molecule has 0 bridgehead atoms. The Bertz CT molecular complexity index is 3500. The first-order chi connectivity index (χ1) is 53.8. The van der Waals surface area contributed by atoms with Crippen LogP contribution in [0.5, 0.6) is 11.5 Å². The number of primary amides is 3. The second-order valence-electron chi connectivity index (χ2n) is 26.7. The summed E-state index contributed by atoms with van der Waals surface area (Å²) in [7, 11) is 0. The van der Waals surface area contributed by atoms with E-state index in [1.54, 1.807) is 6.26 Å². The van der Waals surface area contributed by atoms with E-state index in [0.717, 1.165) is 31.4 Å². The van der Waals surface area contributed by atoms with Gasteiger partial charge in [-0.15, -0.1) is 0 Å². The largest absolute Gasteiger partial charge is 0.508 e. The second kappa shape index (κ2) is 52.2. The average molecular weight is 1630 g/mol. The number of carbonyl (C=O) groups is 16. The Hall–Kier alpha value is -10.1. The van der Waals surface area contributed by atoms with Crippen LogP contribution in [0.15, 0.2) is 48.5 Å². The maximum absolute atomic E-state index is 14.4. The molecule has 0 aliphatic carbocycles. The Kier molecular flexibility index (Phi) is 44.0. The molecule has 2 fully saturated rings. The van der Waals surface area contributed by atoms with E-state index in [-0.39, 0.29) is 146 Å². The number of nitrogens with two attached hydrogens (primary N) is 4. The zero-order valence-electron chi connectivity index (χ0n) is 63.5. The normalized spacial score (nSPS) is 16.5. The molecule has 24 N–H and O–H groups in total. The number of fused-ring (bicyclic) bond motifs is 1. The molecule has 628 valence electrons. The molecule has 0 aromatic heterocycles. The van der Waals surface area contributed by atoms with E-state index in [0.29, 0.717) is 42.2 Å². The van der Waals surface area contributed by atoms with Gasteiger partial charge in [-0.2, -0.15) is 23.5 Å². The number of phenols is 2. The molecule has 2 aromatic carbocycles. The van der Waals surface area contributed by atoms with Gasteiger partial charge in [0, 0.05) is 56.3 Å². The van der Waals surface area contributed by atoms with Crippen LogP contribution in [0.2, 0.25) is 0 Å². The first-order valence-corrected chi connectivity index (χ1v) is 39.4. The van der Waals surface area contributed by atoms with Crippen LogP contribution in [0.4, 0.5) is 4.79 Å². The van der Waals surface area contributed by atoms with Gasteiger partial charge >= 0.3 is 12.0 Å². The first-order valence-electron chi connectivity index (χ1n) is 36.9. The van der Waals surface area contributed by atoms with E-state index in [1.165, 1.54) is 74.1 Å². The highest BCUT2D eigenvalue weighted by molar-refractivity contribution is 8.00. The van der Waals surface area contributed by atoms with Gasteiger partial charge in [-0.3, -0.25) is 71.9 Å². The third kappa shape index (κ3) is 38.8. The van der Waals surface area contributed by atoms with Gasteiger partial charge in [-0.1, -0.05) is 37.1 Å². The van der Waals surface area contributed by atoms with Crippen molar-refractivity contribution in [3.05, 3.63) is 59.7 Å². The highest BCUT2D eigenvalue weighted by atomic mass is 32.2. The quantitative estimate of drug-likeness (QED) is 0.0217. The van der Waals surface area contributed by atoms with Crippen LogP contribution in [0.3, 0.4) is 0 Å². The number of benzene rings is 2. The van der Waals surface area contributed by atoms with E-state index in [2.05, 4.69) is 69.1 Å². The van der Waals surface area contributed by atoms with Gasteiger partial charge in [0.25, 0.3) is 0 Å². The maximum atomic E-state index is 14.4. The van der Waals surface area contributed by atoms with Crippen LogP contribution in [-0.4, -0.2) is 272 Å². The molecule has 0 saturated carbocycles. The smallest absolute Gasteiger partial charge is 0.315 e. The number of aromatic hydroxyl groups is 2. The number of rotatable bonds is 58. The van der Waals surface area contributed by atoms with Crippen molar-refractivity contribution in [2.45, 2.75) is 182 Å². The SMILES string of the molecule is CSCC[C@H](NC(=O)[C@H](Cc1ccc(O)cc1)NC(=O)[C@H](CC(N)=O)NC(=O)[C@H](CC(=O)O)NC(=O)[C@H](Cc1ccc(O)cc1)NC(=O)[C@H](C)NC(=O)[C@H](C)N)C(=O)N[C@@H](CCC(=O)NCCOCCOCC(=O)NCCOCCOCC(=O)N[C@@H](CCCCNC(=O)CCCCC[C@@H]1SC[C@@H]2NC(=O)N[C@@H]21)C(N)=O)C(N)=O. The van der Waals surface area contributed by atoms with Crippen LogP contribution < -0.4 is 92.1 Å². The van der Waals surface area contributed by atoms with Crippen molar-refractivity contribution in [1.29, 1.82) is 0 Å². The van der Waals surface area contributed by atoms with E-state index in [1.807, 2.05) is 11.8 Å². The summed E-state index contributed by atoms with van der Waals surface area (Å²) in [5, 5.41) is 63.4. The minimum absolute atomic E-state index is 0.00866. The topological polar surface area (TPSA) is 631 Å². The van der Waals surface area contributed by atoms with Crippen molar-refractivity contribution in [2.24, 2.45) is 22.9 Å². The lowest BCUT2D eigenvalue weighted by atomic mass is 10.0. The standard InChI is InChI=1S/C71H109N17O23S2/c1-40(72)64(100)79-41(2)65(101)83-49(33-42-12-16-44(89)17-13-42)68(104)86-52(36-60(96)97)70(106)85-51(35-55(73)91)69(105)84-50(34-43-14-18-45(90)19-15-43)67(103)82-48(22-32-112-3)66(102)81-47(63(75)99)20-21-57(93)77-24-26-108-28-30-110-37-58(94)78-25-27-109-29-31-111-38-59(95)80-46(62(74)98)9-7-8-23-76-56(92)11-6-4-5-10-54-61-53(39-113-54)87-71(107)88-61/h12-19,40-41,46-54,61,89-90H,4-11,20-39,72H2,1-3H3,(H2,73,91)(H2,74,98)(H2,75,99)(H,76,92)(H,77,93)(H,78,94)(H,79,100)(H,80,95)(H,81,102)(H,82,103)(H,83,101)(H,84,105)(H,85,106)(H,86,104)(H,96,97)(H2,87,88,107)/t40-,41-,46-,47-,48-,49-,50-,51-,52-,53-,54-,61-/m0/s1. The average Bonchev–Trinajstić information content (AvgIpc) is 1.73. The van der Waals surface area contributed by atoms with Crippen molar-refractivity contribution in [3.8, 4) is 11.5 Å². The molecule has 2 heterocycles. The maximum Gasteiger partial charge on any atom is 0.315 e. The van der Waals surface area contributed by atoms with Crippen molar-refractivity contribution < 1.29 is 111 Å². The molecule has 0 spiro atoms. The lowest BCUT2D eigenvalue weighted by Crippen LogP contribution is -2.61. The molecular formula is C71H109N17O23S2. The molecule has 2 saturated heterocycles. The molecule has 2 aliphatic heterocycles. The third-order valence-electron chi connectivity index (χ3n) is 17.4. The zero-order chi connectivity index (χ0) is 83.4. The number of amides is 16. The fourth-order valence-corrected chi connectivity index (χ4v) is 13.3. The number of carbonyl (C=O) groups excluding carboxylic acids is 15. The molecule has 42 heteroatoms. The van der Waals surface area contributed by atoms with Crippen molar-refractivity contribution in [3.63, 3.8) is 0 Å². The Labute approximate surface area is 661 Å². The summed E-state index contributed by atoms with van der Waals surface area (Å²) in [5.74, 6) is -12.7. The predicted molar refractivity (Wildman–Crippen MR) is 410 cm³/mol. The van der Waals surface area contributed by atoms with Crippen LogP contribution in [0.1, 0.15) is 108 Å². The van der Waals surface area contributed by atoms with E-state index in [4.69, 9.17) is 41.9 Å². The van der Waals surface area contributed by atoms with Crippen LogP contribution in [0.25, 0.3) is 0 Å². The van der Waals surface area contributed by atoms with Crippen LogP contribution in [-0.2, 0) is 104 Å². The molecule has 12 atom stereocenters. The number of thioether (sulfide) groups is 2. The number of carboxylic acid groups (broad SMARTS) is 1. The molecule has 16 amide bonds. The number of aliphatic carboxylic acids is 1. The van der Waals surface area contributed by atoms with Gasteiger partial charge in [0.05, 0.1) is 70.6 Å². The summed E-state index contributed by atoms with van der Waals surface area (Å²) >= 11 is 3.14. The summed E-state index contributed by atoms with van der Waals surface area (Å²) in [4.78, 5) is 207. The molecule has 2 aliphatic rings. The van der Waals surface area contributed by atoms with Gasteiger partial charge in [0.15, 0.2) is 0 Å². The lowest BCUT2D eigenvalue weighted by Gasteiger charge is -2.27. The van der Waals surface area contributed by atoms with Gasteiger partial charge < -0.3 is 126 Å². The van der Waals surface area contributed by atoms with Crippen molar-refractivity contribution in [1.82, 2.24) is 69.1 Å². The number of carboxylic acids is 1. The van der Waals surface area contributed by atoms with E-state index < -0.39 is 150 Å². The van der Waals surface area contributed by atoms with Crippen LogP contribution in [0, 0.1) is 0 Å². The summed E-state index contributed by atoms with van der Waals surface area (Å²) < 4.78 is 21.6. The Balaban J connectivity index is 1.16. The van der Waals surface area contributed by atoms with Crippen molar-refractivity contribution >= 4 is 118 Å². The summed E-state index contributed by atoms with van der Waals surface area (Å²) in [6.45, 7) is 2.89. The molecule has 0 unspecified atom stereocenters. The molecule has 2 aromatic rings. The Morgan fingerprint density at radius 3 is 1.52 bits per heavy atom. The molecule has 0 radical (unpaired) electrons. The molecular weight excluding hydrogens is 1520 g/mol. The van der Waals surface area contributed by atoms with Crippen LogP contribution >= 0.6 is 23.5 Å². The molecule has 4 rings (SSSR count).